The number of fused-ring (bicyclic) bond motifs is 1. The number of carbonyl (C=O) groups is 1. The summed E-state index contributed by atoms with van der Waals surface area (Å²) in [7, 11) is 3.99. The van der Waals surface area contributed by atoms with Gasteiger partial charge >= 0.3 is 0 Å². The second kappa shape index (κ2) is 4.79. The van der Waals surface area contributed by atoms with Gasteiger partial charge < -0.3 is 15.5 Å². The Morgan fingerprint density at radius 3 is 2.55 bits per heavy atom. The summed E-state index contributed by atoms with van der Waals surface area (Å²) in [6.45, 7) is 4.05. The predicted molar refractivity (Wildman–Crippen MR) is 78.9 cm³/mol. The summed E-state index contributed by atoms with van der Waals surface area (Å²) < 4.78 is 1.73. The number of piperazine rings is 1. The fourth-order valence-corrected chi connectivity index (χ4v) is 2.73. The quantitative estimate of drug-likeness (QED) is 0.861. The second-order valence-electron chi connectivity index (χ2n) is 5.35. The van der Waals surface area contributed by atoms with Crippen LogP contribution >= 0.6 is 0 Å². The normalized spacial score (nSPS) is 16.8. The van der Waals surface area contributed by atoms with E-state index in [4.69, 9.17) is 5.73 Å². The van der Waals surface area contributed by atoms with Crippen molar-refractivity contribution in [2.45, 2.75) is 0 Å². The zero-order valence-corrected chi connectivity index (χ0v) is 11.8. The Morgan fingerprint density at radius 1 is 1.20 bits per heavy atom. The highest BCUT2D eigenvalue weighted by molar-refractivity contribution is 6.08. The molecule has 1 fully saturated rings. The molecule has 0 saturated carbocycles. The number of anilines is 1. The van der Waals surface area contributed by atoms with E-state index in [1.807, 2.05) is 19.3 Å². The first kappa shape index (κ1) is 12.9. The number of nitrogens with two attached hydrogens (primary N) is 1. The molecule has 6 heteroatoms. The molecule has 0 radical (unpaired) electrons. The molecule has 1 saturated heterocycles. The molecule has 0 aliphatic carbocycles. The summed E-state index contributed by atoms with van der Waals surface area (Å²) in [5.41, 5.74) is 7.73. The van der Waals surface area contributed by atoms with Crippen molar-refractivity contribution in [3.05, 3.63) is 23.9 Å². The number of aromatic nitrogens is 2. The van der Waals surface area contributed by atoms with Crippen LogP contribution in [-0.4, -0.2) is 53.8 Å². The van der Waals surface area contributed by atoms with E-state index in [1.165, 1.54) is 0 Å². The maximum atomic E-state index is 11.5. The largest absolute Gasteiger partial charge is 0.368 e. The van der Waals surface area contributed by atoms with Crippen LogP contribution in [0.4, 0.5) is 5.69 Å². The number of hydrogen-bond donors (Lipinski definition) is 1. The molecule has 6 nitrogen and oxygen atoms in total. The highest BCUT2D eigenvalue weighted by atomic mass is 16.1. The SMILES string of the molecule is CN1CCN(c2ccc(C(N)=O)c3nn(C)cc23)CC1. The number of primary amides is 1. The summed E-state index contributed by atoms with van der Waals surface area (Å²) in [4.78, 5) is 16.2. The van der Waals surface area contributed by atoms with Gasteiger partial charge in [0.2, 0.25) is 0 Å². The van der Waals surface area contributed by atoms with Gasteiger partial charge in [0.05, 0.1) is 5.56 Å². The summed E-state index contributed by atoms with van der Waals surface area (Å²) in [6.07, 6.45) is 1.95. The van der Waals surface area contributed by atoms with Crippen molar-refractivity contribution in [3.63, 3.8) is 0 Å². The lowest BCUT2D eigenvalue weighted by Crippen LogP contribution is -2.44. The van der Waals surface area contributed by atoms with Gasteiger partial charge in [0.1, 0.15) is 5.52 Å². The standard InChI is InChI=1S/C14H19N5O/c1-17-5-7-19(8-6-17)12-4-3-10(14(15)20)13-11(12)9-18(2)16-13/h3-4,9H,5-8H2,1-2H3,(H2,15,20). The van der Waals surface area contributed by atoms with Gasteiger partial charge in [-0.3, -0.25) is 9.48 Å². The number of likely N-dealkylation sites (N-methyl/N-ethyl adjacent to an activating group) is 1. The predicted octanol–water partition coefficient (Wildman–Crippen LogP) is 0.424. The number of rotatable bonds is 2. The van der Waals surface area contributed by atoms with Crippen molar-refractivity contribution in [1.82, 2.24) is 14.7 Å². The summed E-state index contributed by atoms with van der Waals surface area (Å²) in [6, 6.07) is 3.76. The van der Waals surface area contributed by atoms with Gasteiger partial charge in [-0.1, -0.05) is 0 Å². The number of carbonyl (C=O) groups excluding carboxylic acids is 1. The van der Waals surface area contributed by atoms with E-state index >= 15 is 0 Å². The molecular weight excluding hydrogens is 254 g/mol. The fraction of sp³-hybridized carbons (Fsp3) is 0.429. The van der Waals surface area contributed by atoms with Crippen molar-refractivity contribution in [2.24, 2.45) is 12.8 Å². The van der Waals surface area contributed by atoms with Crippen LogP contribution in [0.3, 0.4) is 0 Å². The van der Waals surface area contributed by atoms with E-state index in [1.54, 1.807) is 10.7 Å². The summed E-state index contributed by atoms with van der Waals surface area (Å²) in [5, 5.41) is 5.38. The topological polar surface area (TPSA) is 67.4 Å². The van der Waals surface area contributed by atoms with Crippen molar-refractivity contribution in [3.8, 4) is 0 Å². The van der Waals surface area contributed by atoms with Crippen LogP contribution < -0.4 is 10.6 Å². The van der Waals surface area contributed by atoms with Crippen LogP contribution in [0.2, 0.25) is 0 Å². The van der Waals surface area contributed by atoms with Crippen LogP contribution in [0, 0.1) is 0 Å². The first-order valence-corrected chi connectivity index (χ1v) is 6.76. The first-order valence-electron chi connectivity index (χ1n) is 6.76. The summed E-state index contributed by atoms with van der Waals surface area (Å²) in [5.74, 6) is -0.432. The van der Waals surface area contributed by atoms with Gasteiger partial charge in [0.25, 0.3) is 5.91 Å². The van der Waals surface area contributed by atoms with Crippen LogP contribution in [0.1, 0.15) is 10.4 Å². The lowest BCUT2D eigenvalue weighted by Gasteiger charge is -2.34. The molecule has 2 heterocycles. The van der Waals surface area contributed by atoms with Crippen LogP contribution in [0.5, 0.6) is 0 Å². The molecule has 0 unspecified atom stereocenters. The smallest absolute Gasteiger partial charge is 0.250 e. The number of aryl methyl sites for hydroxylation is 1. The van der Waals surface area contributed by atoms with Crippen molar-refractivity contribution < 1.29 is 4.79 Å². The maximum Gasteiger partial charge on any atom is 0.250 e. The van der Waals surface area contributed by atoms with Crippen molar-refractivity contribution in [2.75, 3.05) is 38.1 Å². The lowest BCUT2D eigenvalue weighted by molar-refractivity contribution is 0.100. The highest BCUT2D eigenvalue weighted by Gasteiger charge is 2.20. The van der Waals surface area contributed by atoms with E-state index in [9.17, 15) is 4.79 Å². The minimum atomic E-state index is -0.432. The Kier molecular flexibility index (Phi) is 3.10. The molecule has 2 N–H and O–H groups in total. The lowest BCUT2D eigenvalue weighted by atomic mass is 10.1. The van der Waals surface area contributed by atoms with Crippen LogP contribution in [-0.2, 0) is 7.05 Å². The third-order valence-corrected chi connectivity index (χ3v) is 3.88. The molecule has 1 aromatic carbocycles. The molecule has 3 rings (SSSR count). The average molecular weight is 273 g/mol. The van der Waals surface area contributed by atoms with Gasteiger partial charge in [-0.2, -0.15) is 5.10 Å². The third kappa shape index (κ3) is 2.12. The molecule has 1 aromatic heterocycles. The average Bonchev–Trinajstić information content (AvgIpc) is 2.79. The van der Waals surface area contributed by atoms with E-state index in [-0.39, 0.29) is 0 Å². The van der Waals surface area contributed by atoms with Gasteiger partial charge in [-0.05, 0) is 19.2 Å². The minimum Gasteiger partial charge on any atom is -0.368 e. The molecule has 0 bridgehead atoms. The molecule has 0 atom stereocenters. The Morgan fingerprint density at radius 2 is 1.90 bits per heavy atom. The van der Waals surface area contributed by atoms with E-state index in [2.05, 4.69) is 21.9 Å². The summed E-state index contributed by atoms with van der Waals surface area (Å²) >= 11 is 0. The number of nitrogens with zero attached hydrogens (tertiary/aromatic N) is 4. The van der Waals surface area contributed by atoms with Crippen molar-refractivity contribution >= 4 is 22.5 Å². The molecule has 2 aromatic rings. The van der Waals surface area contributed by atoms with Gasteiger partial charge in [0.15, 0.2) is 0 Å². The molecule has 20 heavy (non-hydrogen) atoms. The third-order valence-electron chi connectivity index (χ3n) is 3.88. The first-order chi connectivity index (χ1) is 9.56. The Balaban J connectivity index is 2.08. The molecule has 1 aliphatic heterocycles. The maximum absolute atomic E-state index is 11.5. The van der Waals surface area contributed by atoms with Gasteiger partial charge in [-0.15, -0.1) is 0 Å². The van der Waals surface area contributed by atoms with Crippen molar-refractivity contribution in [1.29, 1.82) is 0 Å². The second-order valence-corrected chi connectivity index (χ2v) is 5.35. The molecule has 1 amide bonds. The Bertz CT molecular complexity index is 655. The number of amides is 1. The monoisotopic (exact) mass is 273 g/mol. The Labute approximate surface area is 117 Å². The number of benzene rings is 1. The zero-order valence-electron chi connectivity index (χ0n) is 11.8. The highest BCUT2D eigenvalue weighted by Crippen LogP contribution is 2.29. The molecule has 1 aliphatic rings. The van der Waals surface area contributed by atoms with Gasteiger partial charge in [-0.25, -0.2) is 0 Å². The van der Waals surface area contributed by atoms with E-state index in [0.29, 0.717) is 11.1 Å². The van der Waals surface area contributed by atoms with E-state index < -0.39 is 5.91 Å². The fourth-order valence-electron chi connectivity index (χ4n) is 2.73. The van der Waals surface area contributed by atoms with Crippen LogP contribution in [0.25, 0.3) is 10.9 Å². The van der Waals surface area contributed by atoms with Crippen LogP contribution in [0.15, 0.2) is 18.3 Å². The number of hydrogen-bond acceptors (Lipinski definition) is 4. The van der Waals surface area contributed by atoms with Gasteiger partial charge in [0, 0.05) is 50.5 Å². The van der Waals surface area contributed by atoms with E-state index in [0.717, 1.165) is 37.3 Å². The zero-order chi connectivity index (χ0) is 14.3. The molecular formula is C14H19N5O. The molecule has 0 spiro atoms. The Hall–Kier alpha value is -2.08. The minimum absolute atomic E-state index is 0.432. The molecule has 106 valence electrons.